The third-order valence-electron chi connectivity index (χ3n) is 1.11. The molecule has 0 heterocycles. The molecular weight excluding hydrogens is 191 g/mol. The Morgan fingerprint density at radius 1 is 1.00 bits per heavy atom. The maximum absolute atomic E-state index is 9.75. The lowest BCUT2D eigenvalue weighted by Crippen LogP contribution is -1.97. The van der Waals surface area contributed by atoms with Gasteiger partial charge in [0, 0.05) is 0 Å². The molecule has 0 N–H and O–H groups in total. The van der Waals surface area contributed by atoms with Crippen LogP contribution in [0, 0.1) is 9.81 Å². The molecule has 0 aliphatic heterocycles. The highest BCUT2D eigenvalue weighted by atomic mass is 35.5. The van der Waals surface area contributed by atoms with Crippen molar-refractivity contribution in [2.45, 2.75) is 30.3 Å². The number of hydrogen-bond donors (Lipinski definition) is 0. The van der Waals surface area contributed by atoms with E-state index in [0.717, 1.165) is 0 Å². The summed E-state index contributed by atoms with van der Waals surface area (Å²) >= 11 is 10.7. The van der Waals surface area contributed by atoms with Gasteiger partial charge in [0.05, 0.1) is 0 Å². The standard InChI is InChI=1S/C5H8Cl2N2O2/c6-4(8-10)2-1-3-5(7)9-11/h4-5H,1-3H2. The number of halogens is 2. The molecule has 0 aliphatic rings. The second kappa shape index (κ2) is 6.49. The van der Waals surface area contributed by atoms with Crippen molar-refractivity contribution in [1.82, 2.24) is 0 Å². The summed E-state index contributed by atoms with van der Waals surface area (Å²) in [6.45, 7) is 0. The van der Waals surface area contributed by atoms with E-state index in [0.29, 0.717) is 19.3 Å². The summed E-state index contributed by atoms with van der Waals surface area (Å²) in [6, 6.07) is 0. The summed E-state index contributed by atoms with van der Waals surface area (Å²) in [6.07, 6.45) is 1.45. The van der Waals surface area contributed by atoms with Crippen LogP contribution in [-0.2, 0) is 0 Å². The third-order valence-corrected chi connectivity index (χ3v) is 1.71. The van der Waals surface area contributed by atoms with Crippen LogP contribution in [0.25, 0.3) is 0 Å². The van der Waals surface area contributed by atoms with Gasteiger partial charge in [-0.05, 0) is 19.3 Å². The predicted octanol–water partition coefficient (Wildman–Crippen LogP) is 2.82. The van der Waals surface area contributed by atoms with Crippen LogP contribution in [0.15, 0.2) is 10.4 Å². The molecule has 11 heavy (non-hydrogen) atoms. The fourth-order valence-electron chi connectivity index (χ4n) is 0.560. The Labute approximate surface area is 74.2 Å². The van der Waals surface area contributed by atoms with Crippen LogP contribution in [0.2, 0.25) is 0 Å². The summed E-state index contributed by atoms with van der Waals surface area (Å²) in [4.78, 5) is 19.5. The Bertz CT molecular complexity index is 120. The lowest BCUT2D eigenvalue weighted by molar-refractivity contribution is 0.643. The molecule has 6 heteroatoms. The van der Waals surface area contributed by atoms with Crippen molar-refractivity contribution < 1.29 is 0 Å². The average molecular weight is 199 g/mol. The summed E-state index contributed by atoms with van der Waals surface area (Å²) in [5.41, 5.74) is -1.43. The van der Waals surface area contributed by atoms with Gasteiger partial charge in [0.25, 0.3) is 0 Å². The van der Waals surface area contributed by atoms with E-state index in [-0.39, 0.29) is 0 Å². The topological polar surface area (TPSA) is 58.9 Å². The minimum atomic E-state index is -0.717. The van der Waals surface area contributed by atoms with E-state index in [1.807, 2.05) is 0 Å². The highest BCUT2D eigenvalue weighted by Crippen LogP contribution is 2.13. The fourth-order valence-corrected chi connectivity index (χ4v) is 0.869. The van der Waals surface area contributed by atoms with Crippen LogP contribution >= 0.6 is 23.2 Å². The first-order chi connectivity index (χ1) is 5.20. The minimum Gasteiger partial charge on any atom is -0.149 e. The molecule has 2 unspecified atom stereocenters. The second-order valence-electron chi connectivity index (χ2n) is 2.01. The van der Waals surface area contributed by atoms with Crippen LogP contribution in [0.3, 0.4) is 0 Å². The predicted molar refractivity (Wildman–Crippen MR) is 44.7 cm³/mol. The molecule has 0 fully saturated rings. The largest absolute Gasteiger partial charge is 0.165 e. The SMILES string of the molecule is O=NC(Cl)CCCC(Cl)N=O. The summed E-state index contributed by atoms with van der Waals surface area (Å²) in [5.74, 6) is 0. The van der Waals surface area contributed by atoms with E-state index in [9.17, 15) is 9.81 Å². The van der Waals surface area contributed by atoms with Crippen LogP contribution in [-0.4, -0.2) is 11.0 Å². The van der Waals surface area contributed by atoms with E-state index in [1.165, 1.54) is 0 Å². The Morgan fingerprint density at radius 3 is 1.64 bits per heavy atom. The van der Waals surface area contributed by atoms with E-state index in [4.69, 9.17) is 23.2 Å². The monoisotopic (exact) mass is 198 g/mol. The molecule has 0 aromatic heterocycles. The number of nitrogens with zero attached hydrogens (tertiary/aromatic N) is 2. The highest BCUT2D eigenvalue weighted by Gasteiger charge is 2.06. The van der Waals surface area contributed by atoms with Crippen LogP contribution < -0.4 is 0 Å². The Morgan fingerprint density at radius 2 is 1.36 bits per heavy atom. The van der Waals surface area contributed by atoms with E-state index in [2.05, 4.69) is 10.4 Å². The maximum Gasteiger partial charge on any atom is 0.165 e. The highest BCUT2D eigenvalue weighted by molar-refractivity contribution is 6.20. The first-order valence-corrected chi connectivity index (χ1v) is 4.01. The molecule has 0 aromatic carbocycles. The summed E-state index contributed by atoms with van der Waals surface area (Å²) in [5, 5.41) is 5.15. The molecule has 0 spiro atoms. The molecule has 0 amide bonds. The van der Waals surface area contributed by atoms with E-state index < -0.39 is 11.0 Å². The van der Waals surface area contributed by atoms with Crippen molar-refractivity contribution in [3.8, 4) is 0 Å². The minimum absolute atomic E-state index is 0.434. The van der Waals surface area contributed by atoms with Crippen molar-refractivity contribution in [2.75, 3.05) is 0 Å². The number of alkyl halides is 2. The van der Waals surface area contributed by atoms with Gasteiger partial charge >= 0.3 is 0 Å². The van der Waals surface area contributed by atoms with Gasteiger partial charge in [-0.3, -0.25) is 0 Å². The molecular formula is C5H8Cl2N2O2. The molecule has 2 atom stereocenters. The zero-order chi connectivity index (χ0) is 8.69. The second-order valence-corrected chi connectivity index (χ2v) is 3.02. The van der Waals surface area contributed by atoms with Gasteiger partial charge in [0.2, 0.25) is 0 Å². The van der Waals surface area contributed by atoms with Gasteiger partial charge in [0.1, 0.15) is 0 Å². The first-order valence-electron chi connectivity index (χ1n) is 3.13. The van der Waals surface area contributed by atoms with Crippen LogP contribution in [0.4, 0.5) is 0 Å². The molecule has 0 saturated carbocycles. The molecule has 0 rings (SSSR count). The molecule has 0 radical (unpaired) electrons. The lowest BCUT2D eigenvalue weighted by atomic mass is 10.2. The van der Waals surface area contributed by atoms with Gasteiger partial charge in [-0.1, -0.05) is 33.6 Å². The third kappa shape index (κ3) is 6.19. The van der Waals surface area contributed by atoms with Gasteiger partial charge < -0.3 is 0 Å². The van der Waals surface area contributed by atoms with Gasteiger partial charge in [-0.15, -0.1) is 9.81 Å². The van der Waals surface area contributed by atoms with Crippen molar-refractivity contribution in [3.63, 3.8) is 0 Å². The normalized spacial score (nSPS) is 15.5. The molecule has 0 aromatic rings. The van der Waals surface area contributed by atoms with Gasteiger partial charge in [-0.25, -0.2) is 0 Å². The Balaban J connectivity index is 3.26. The Hall–Kier alpha value is -0.220. The summed E-state index contributed by atoms with van der Waals surface area (Å²) < 4.78 is 0. The van der Waals surface area contributed by atoms with Crippen molar-refractivity contribution in [2.24, 2.45) is 10.4 Å². The van der Waals surface area contributed by atoms with Gasteiger partial charge in [0.15, 0.2) is 11.0 Å². The number of nitroso groups, excluding NO2 is 2. The molecule has 64 valence electrons. The zero-order valence-electron chi connectivity index (χ0n) is 5.74. The van der Waals surface area contributed by atoms with Crippen LogP contribution in [0.5, 0.6) is 0 Å². The van der Waals surface area contributed by atoms with Gasteiger partial charge in [-0.2, -0.15) is 0 Å². The van der Waals surface area contributed by atoms with Crippen molar-refractivity contribution in [3.05, 3.63) is 9.81 Å². The smallest absolute Gasteiger partial charge is 0.149 e. The molecule has 4 nitrogen and oxygen atoms in total. The lowest BCUT2D eigenvalue weighted by Gasteiger charge is -2.00. The molecule has 0 saturated heterocycles. The fraction of sp³-hybridized carbons (Fsp3) is 1.00. The van der Waals surface area contributed by atoms with E-state index in [1.54, 1.807) is 0 Å². The number of rotatable bonds is 6. The van der Waals surface area contributed by atoms with Crippen molar-refractivity contribution >= 4 is 23.2 Å². The van der Waals surface area contributed by atoms with Crippen molar-refractivity contribution in [1.29, 1.82) is 0 Å². The molecule has 0 bridgehead atoms. The Kier molecular flexibility index (Phi) is 6.36. The number of hydrogen-bond acceptors (Lipinski definition) is 4. The zero-order valence-corrected chi connectivity index (χ0v) is 7.25. The first kappa shape index (κ1) is 10.8. The quantitative estimate of drug-likeness (QED) is 0.375. The van der Waals surface area contributed by atoms with Crippen LogP contribution in [0.1, 0.15) is 19.3 Å². The van der Waals surface area contributed by atoms with E-state index >= 15 is 0 Å². The maximum atomic E-state index is 9.75. The summed E-state index contributed by atoms with van der Waals surface area (Å²) in [7, 11) is 0. The average Bonchev–Trinajstić information content (AvgIpc) is 2.04. The molecule has 0 aliphatic carbocycles.